The second-order valence-electron chi connectivity index (χ2n) is 5.09. The molecule has 0 bridgehead atoms. The van der Waals surface area contributed by atoms with E-state index in [9.17, 15) is 13.2 Å². The smallest absolute Gasteiger partial charge is 0.265 e. The number of aromatic nitrogens is 2. The molecular formula is C18H13F3N2S. The lowest BCUT2D eigenvalue weighted by Crippen LogP contribution is -2.04. The standard InChI is InChI=1S/C18H13F3N2S/c1-24-15-10-16(12-5-7-22-8-6-12)23-17(11-15)13-3-2-4-14(9-13)18(19,20)21/h2-11H,1H3. The molecule has 6 heteroatoms. The summed E-state index contributed by atoms with van der Waals surface area (Å²) in [7, 11) is 0. The van der Waals surface area contributed by atoms with E-state index in [-0.39, 0.29) is 0 Å². The molecule has 0 fully saturated rings. The summed E-state index contributed by atoms with van der Waals surface area (Å²) in [6, 6.07) is 12.6. The average Bonchev–Trinajstić information content (AvgIpc) is 2.61. The third kappa shape index (κ3) is 3.59. The highest BCUT2D eigenvalue weighted by Crippen LogP contribution is 2.33. The van der Waals surface area contributed by atoms with Gasteiger partial charge in [-0.2, -0.15) is 13.2 Å². The van der Waals surface area contributed by atoms with Gasteiger partial charge in [-0.25, -0.2) is 4.98 Å². The molecule has 0 aliphatic heterocycles. The molecule has 0 atom stereocenters. The van der Waals surface area contributed by atoms with Crippen molar-refractivity contribution in [2.45, 2.75) is 11.1 Å². The minimum absolute atomic E-state index is 0.441. The van der Waals surface area contributed by atoms with Crippen molar-refractivity contribution in [2.24, 2.45) is 0 Å². The molecule has 0 aliphatic carbocycles. The Kier molecular flexibility index (Phi) is 4.57. The Bertz CT molecular complexity index is 848. The Balaban J connectivity index is 2.12. The van der Waals surface area contributed by atoms with Gasteiger partial charge in [0.25, 0.3) is 0 Å². The van der Waals surface area contributed by atoms with E-state index in [0.29, 0.717) is 17.0 Å². The number of nitrogens with zero attached hydrogens (tertiary/aromatic N) is 2. The summed E-state index contributed by atoms with van der Waals surface area (Å²) >= 11 is 1.52. The molecule has 2 nitrogen and oxygen atoms in total. The van der Waals surface area contributed by atoms with Crippen molar-refractivity contribution in [3.8, 4) is 22.5 Å². The van der Waals surface area contributed by atoms with E-state index in [0.717, 1.165) is 22.6 Å². The van der Waals surface area contributed by atoms with Crippen LogP contribution in [0, 0.1) is 0 Å². The molecule has 0 N–H and O–H groups in total. The summed E-state index contributed by atoms with van der Waals surface area (Å²) < 4.78 is 38.8. The van der Waals surface area contributed by atoms with Crippen molar-refractivity contribution in [3.63, 3.8) is 0 Å². The fourth-order valence-corrected chi connectivity index (χ4v) is 2.76. The number of benzene rings is 1. The maximum Gasteiger partial charge on any atom is 0.416 e. The lowest BCUT2D eigenvalue weighted by atomic mass is 10.1. The molecule has 0 aliphatic rings. The van der Waals surface area contributed by atoms with Crippen LogP contribution in [-0.2, 0) is 6.18 Å². The Morgan fingerprint density at radius 3 is 2.17 bits per heavy atom. The van der Waals surface area contributed by atoms with Crippen LogP contribution < -0.4 is 0 Å². The molecule has 3 rings (SSSR count). The van der Waals surface area contributed by atoms with Crippen LogP contribution >= 0.6 is 11.8 Å². The normalized spacial score (nSPS) is 11.5. The summed E-state index contributed by atoms with van der Waals surface area (Å²) in [6.45, 7) is 0. The van der Waals surface area contributed by atoms with Gasteiger partial charge < -0.3 is 0 Å². The largest absolute Gasteiger partial charge is 0.416 e. The topological polar surface area (TPSA) is 25.8 Å². The summed E-state index contributed by atoms with van der Waals surface area (Å²) in [6.07, 6.45) is 0.863. The number of hydrogen-bond donors (Lipinski definition) is 0. The summed E-state index contributed by atoms with van der Waals surface area (Å²) in [4.78, 5) is 9.45. The fraction of sp³-hybridized carbons (Fsp3) is 0.111. The van der Waals surface area contributed by atoms with Crippen molar-refractivity contribution in [1.29, 1.82) is 0 Å². The van der Waals surface area contributed by atoms with Crippen LogP contribution in [0.25, 0.3) is 22.5 Å². The van der Waals surface area contributed by atoms with Gasteiger partial charge >= 0.3 is 6.18 Å². The van der Waals surface area contributed by atoms with Crippen molar-refractivity contribution >= 4 is 11.8 Å². The first kappa shape index (κ1) is 16.5. The van der Waals surface area contributed by atoms with Crippen molar-refractivity contribution < 1.29 is 13.2 Å². The second-order valence-corrected chi connectivity index (χ2v) is 5.97. The van der Waals surface area contributed by atoms with Crippen molar-refractivity contribution in [2.75, 3.05) is 6.26 Å². The van der Waals surface area contributed by atoms with E-state index < -0.39 is 11.7 Å². The molecule has 1 aromatic carbocycles. The lowest BCUT2D eigenvalue weighted by Gasteiger charge is -2.11. The molecule has 0 amide bonds. The molecule has 2 aromatic heterocycles. The molecule has 24 heavy (non-hydrogen) atoms. The van der Waals surface area contributed by atoms with E-state index in [1.54, 1.807) is 24.5 Å². The van der Waals surface area contributed by atoms with Crippen LogP contribution in [0.4, 0.5) is 13.2 Å². The highest BCUT2D eigenvalue weighted by atomic mass is 32.2. The van der Waals surface area contributed by atoms with Gasteiger partial charge in [-0.3, -0.25) is 4.98 Å². The average molecular weight is 346 g/mol. The van der Waals surface area contributed by atoms with Crippen LogP contribution in [0.3, 0.4) is 0 Å². The number of halogens is 3. The van der Waals surface area contributed by atoms with E-state index in [1.807, 2.05) is 24.5 Å². The first-order chi connectivity index (χ1) is 11.5. The maximum absolute atomic E-state index is 12.9. The highest BCUT2D eigenvalue weighted by molar-refractivity contribution is 7.98. The molecular weight excluding hydrogens is 333 g/mol. The van der Waals surface area contributed by atoms with Crippen molar-refractivity contribution in [1.82, 2.24) is 9.97 Å². The maximum atomic E-state index is 12.9. The van der Waals surface area contributed by atoms with Crippen LogP contribution in [-0.4, -0.2) is 16.2 Å². The summed E-state index contributed by atoms with van der Waals surface area (Å²) in [5.74, 6) is 0. The zero-order valence-electron chi connectivity index (χ0n) is 12.7. The highest BCUT2D eigenvalue weighted by Gasteiger charge is 2.30. The van der Waals surface area contributed by atoms with E-state index in [2.05, 4.69) is 9.97 Å². The number of rotatable bonds is 3. The molecule has 2 heterocycles. The van der Waals surface area contributed by atoms with E-state index in [4.69, 9.17) is 0 Å². The van der Waals surface area contributed by atoms with Gasteiger partial charge in [0.2, 0.25) is 0 Å². The zero-order chi connectivity index (χ0) is 17.2. The Morgan fingerprint density at radius 1 is 0.875 bits per heavy atom. The van der Waals surface area contributed by atoms with Crippen LogP contribution in [0.2, 0.25) is 0 Å². The molecule has 3 aromatic rings. The minimum atomic E-state index is -4.37. The monoisotopic (exact) mass is 346 g/mol. The van der Waals surface area contributed by atoms with Gasteiger partial charge in [-0.1, -0.05) is 12.1 Å². The molecule has 0 saturated heterocycles. The summed E-state index contributed by atoms with van der Waals surface area (Å²) in [5.41, 5.74) is 1.85. The third-order valence-electron chi connectivity index (χ3n) is 3.50. The van der Waals surface area contributed by atoms with E-state index in [1.165, 1.54) is 17.8 Å². The van der Waals surface area contributed by atoms with Crippen molar-refractivity contribution in [3.05, 3.63) is 66.5 Å². The SMILES string of the molecule is CSc1cc(-c2ccncc2)nc(-c2cccc(C(F)(F)F)c2)c1. The predicted molar refractivity (Wildman–Crippen MR) is 89.7 cm³/mol. The first-order valence-electron chi connectivity index (χ1n) is 7.11. The predicted octanol–water partition coefficient (Wildman–Crippen LogP) is 5.55. The van der Waals surface area contributed by atoms with E-state index >= 15 is 0 Å². The first-order valence-corrected chi connectivity index (χ1v) is 8.34. The quantitative estimate of drug-likeness (QED) is 0.581. The number of hydrogen-bond acceptors (Lipinski definition) is 3. The van der Waals surface area contributed by atoms with Crippen LogP contribution in [0.1, 0.15) is 5.56 Å². The number of thioether (sulfide) groups is 1. The van der Waals surface area contributed by atoms with Gasteiger partial charge in [0.15, 0.2) is 0 Å². The Labute approximate surface area is 141 Å². The second kappa shape index (κ2) is 6.65. The van der Waals surface area contributed by atoms with Crippen LogP contribution in [0.5, 0.6) is 0 Å². The zero-order valence-corrected chi connectivity index (χ0v) is 13.5. The van der Waals surface area contributed by atoms with Gasteiger partial charge in [0.05, 0.1) is 17.0 Å². The molecule has 122 valence electrons. The Morgan fingerprint density at radius 2 is 1.54 bits per heavy atom. The Hall–Kier alpha value is -2.34. The number of alkyl halides is 3. The lowest BCUT2D eigenvalue weighted by molar-refractivity contribution is -0.137. The molecule has 0 unspecified atom stereocenters. The van der Waals surface area contributed by atoms with Gasteiger partial charge in [-0.15, -0.1) is 11.8 Å². The minimum Gasteiger partial charge on any atom is -0.265 e. The van der Waals surface area contributed by atoms with Gasteiger partial charge in [0, 0.05) is 28.4 Å². The molecule has 0 spiro atoms. The fourth-order valence-electron chi connectivity index (χ4n) is 2.30. The van der Waals surface area contributed by atoms with Gasteiger partial charge in [0.1, 0.15) is 0 Å². The van der Waals surface area contributed by atoms with Gasteiger partial charge in [-0.05, 0) is 42.7 Å². The summed E-state index contributed by atoms with van der Waals surface area (Å²) in [5, 5.41) is 0. The third-order valence-corrected chi connectivity index (χ3v) is 4.20. The van der Waals surface area contributed by atoms with Crippen LogP contribution in [0.15, 0.2) is 65.8 Å². The molecule has 0 radical (unpaired) electrons. The number of pyridine rings is 2. The molecule has 0 saturated carbocycles.